The number of halogens is 2. The maximum absolute atomic E-state index is 13.9. The van der Waals surface area contributed by atoms with Crippen LogP contribution < -0.4 is 5.32 Å². The average Bonchev–Trinajstić information content (AvgIpc) is 2.61. The topological polar surface area (TPSA) is 29.1 Å². The molecule has 0 radical (unpaired) electrons. The Labute approximate surface area is 115 Å². The minimum Gasteiger partial charge on any atom is -0.309 e. The van der Waals surface area contributed by atoms with E-state index in [1.54, 1.807) is 0 Å². The Morgan fingerprint density at radius 1 is 1.26 bits per heavy atom. The van der Waals surface area contributed by atoms with Crippen molar-refractivity contribution in [3.8, 4) is 0 Å². The fraction of sp³-hybridized carbons (Fsp3) is 0.571. The summed E-state index contributed by atoms with van der Waals surface area (Å²) in [5.74, 6) is -1.29. The van der Waals surface area contributed by atoms with Crippen molar-refractivity contribution in [3.05, 3.63) is 29.3 Å². The van der Waals surface area contributed by atoms with Gasteiger partial charge < -0.3 is 5.32 Å². The summed E-state index contributed by atoms with van der Waals surface area (Å²) >= 11 is 0. The molecule has 1 N–H and O–H groups in total. The molecule has 2 nitrogen and oxygen atoms in total. The Kier molecular flexibility index (Phi) is 4.68. The maximum atomic E-state index is 13.9. The largest absolute Gasteiger partial charge is 0.309 e. The predicted molar refractivity (Wildman–Crippen MR) is 72.5 cm³/mol. The second-order valence-corrected chi connectivity index (χ2v) is 6.47. The molecule has 1 heterocycles. The van der Waals surface area contributed by atoms with Crippen molar-refractivity contribution in [1.82, 2.24) is 5.32 Å². The molecule has 19 heavy (non-hydrogen) atoms. The van der Waals surface area contributed by atoms with Gasteiger partial charge in [-0.25, -0.2) is 8.78 Å². The van der Waals surface area contributed by atoms with Gasteiger partial charge in [0.15, 0.2) is 0 Å². The molecule has 0 spiro atoms. The lowest BCUT2D eigenvalue weighted by Crippen LogP contribution is -2.30. The zero-order chi connectivity index (χ0) is 14.0. The summed E-state index contributed by atoms with van der Waals surface area (Å²) in [6.45, 7) is 4.79. The highest BCUT2D eigenvalue weighted by Crippen LogP contribution is 2.40. The minimum atomic E-state index is -1.39. The maximum Gasteiger partial charge on any atom is 0.142 e. The van der Waals surface area contributed by atoms with Crippen molar-refractivity contribution in [1.29, 1.82) is 0 Å². The van der Waals surface area contributed by atoms with Crippen LogP contribution >= 0.6 is 0 Å². The first-order chi connectivity index (χ1) is 9.10. The third-order valence-electron chi connectivity index (χ3n) is 3.41. The number of benzene rings is 1. The van der Waals surface area contributed by atoms with Crippen molar-refractivity contribution in [2.24, 2.45) is 0 Å². The third kappa shape index (κ3) is 2.72. The van der Waals surface area contributed by atoms with Gasteiger partial charge in [0.1, 0.15) is 11.6 Å². The van der Waals surface area contributed by atoms with Gasteiger partial charge in [0.2, 0.25) is 0 Å². The molecule has 106 valence electrons. The molecule has 2 rings (SSSR count). The summed E-state index contributed by atoms with van der Waals surface area (Å²) in [5.41, 5.74) is 0.530. The van der Waals surface area contributed by atoms with Gasteiger partial charge in [-0.3, -0.25) is 4.21 Å². The number of nitrogens with one attached hydrogen (secondary N) is 1. The molecule has 0 saturated carbocycles. The van der Waals surface area contributed by atoms with Gasteiger partial charge in [0.25, 0.3) is 0 Å². The van der Waals surface area contributed by atoms with Crippen LogP contribution in [-0.4, -0.2) is 16.0 Å². The quantitative estimate of drug-likeness (QED) is 0.900. The van der Waals surface area contributed by atoms with E-state index in [2.05, 4.69) is 5.32 Å². The highest BCUT2D eigenvalue weighted by atomic mass is 32.2. The number of fused-ring (bicyclic) bond motifs is 1. The number of hydrogen-bond acceptors (Lipinski definition) is 2. The third-order valence-corrected chi connectivity index (χ3v) is 5.30. The standard InChI is InChI=1S/C14H19F2NOS/c1-3-5-12-13(17-6-4-2)10-7-9(15)8-11(16)14(10)19(12)18/h7-8,12-13,17H,3-6H2,1-2H3. The lowest BCUT2D eigenvalue weighted by atomic mass is 10.0. The van der Waals surface area contributed by atoms with Crippen molar-refractivity contribution in [2.75, 3.05) is 6.54 Å². The van der Waals surface area contributed by atoms with Gasteiger partial charge in [0.05, 0.1) is 20.9 Å². The molecular formula is C14H19F2NOS. The first-order valence-electron chi connectivity index (χ1n) is 6.73. The van der Waals surface area contributed by atoms with Crippen molar-refractivity contribution < 1.29 is 13.0 Å². The number of rotatable bonds is 5. The Bertz CT molecular complexity index is 493. The van der Waals surface area contributed by atoms with Gasteiger partial charge in [-0.1, -0.05) is 20.3 Å². The Morgan fingerprint density at radius 2 is 2.00 bits per heavy atom. The van der Waals surface area contributed by atoms with Crippen LogP contribution in [-0.2, 0) is 10.8 Å². The summed E-state index contributed by atoms with van der Waals surface area (Å²) in [6, 6.07) is 1.93. The van der Waals surface area contributed by atoms with E-state index in [1.165, 1.54) is 6.07 Å². The Hall–Kier alpha value is -0.810. The van der Waals surface area contributed by atoms with Gasteiger partial charge in [0, 0.05) is 12.1 Å². The normalized spacial score (nSPS) is 25.6. The second kappa shape index (κ2) is 6.09. The molecule has 0 aromatic heterocycles. The summed E-state index contributed by atoms with van der Waals surface area (Å²) in [4.78, 5) is 0.188. The van der Waals surface area contributed by atoms with Crippen LogP contribution in [0.3, 0.4) is 0 Å². The fourth-order valence-electron chi connectivity index (χ4n) is 2.60. The summed E-state index contributed by atoms with van der Waals surface area (Å²) in [6.07, 6.45) is 2.54. The van der Waals surface area contributed by atoms with Crippen LogP contribution in [0.5, 0.6) is 0 Å². The van der Waals surface area contributed by atoms with Crippen LogP contribution in [0, 0.1) is 11.6 Å². The highest BCUT2D eigenvalue weighted by Gasteiger charge is 2.40. The van der Waals surface area contributed by atoms with Crippen LogP contribution in [0.25, 0.3) is 0 Å². The molecule has 1 aromatic carbocycles. The van der Waals surface area contributed by atoms with E-state index in [1.807, 2.05) is 13.8 Å². The molecule has 5 heteroatoms. The van der Waals surface area contributed by atoms with Gasteiger partial charge in [-0.05, 0) is 31.0 Å². The van der Waals surface area contributed by atoms with Gasteiger partial charge >= 0.3 is 0 Å². The monoisotopic (exact) mass is 287 g/mol. The van der Waals surface area contributed by atoms with Crippen molar-refractivity contribution in [3.63, 3.8) is 0 Å². The molecule has 0 bridgehead atoms. The lowest BCUT2D eigenvalue weighted by molar-refractivity contribution is 0.485. The van der Waals surface area contributed by atoms with Gasteiger partial charge in [-0.15, -0.1) is 0 Å². The Balaban J connectivity index is 2.42. The van der Waals surface area contributed by atoms with Crippen LogP contribution in [0.2, 0.25) is 0 Å². The van der Waals surface area contributed by atoms with Crippen molar-refractivity contribution >= 4 is 10.8 Å². The molecule has 1 aliphatic rings. The first-order valence-corrected chi connectivity index (χ1v) is 7.94. The molecule has 0 aliphatic carbocycles. The van der Waals surface area contributed by atoms with E-state index < -0.39 is 22.4 Å². The van der Waals surface area contributed by atoms with E-state index in [0.29, 0.717) is 5.56 Å². The number of hydrogen-bond donors (Lipinski definition) is 1. The summed E-state index contributed by atoms with van der Waals surface area (Å²) in [5, 5.41) is 3.12. The molecule has 0 fully saturated rings. The predicted octanol–water partition coefficient (Wildman–Crippen LogP) is 3.30. The molecule has 1 aliphatic heterocycles. The van der Waals surface area contributed by atoms with E-state index in [4.69, 9.17) is 0 Å². The van der Waals surface area contributed by atoms with Crippen LogP contribution in [0.1, 0.15) is 44.7 Å². The lowest BCUT2D eigenvalue weighted by Gasteiger charge is -2.20. The zero-order valence-corrected chi connectivity index (χ0v) is 12.0. The molecule has 3 unspecified atom stereocenters. The van der Waals surface area contributed by atoms with Crippen LogP contribution in [0.4, 0.5) is 8.78 Å². The fourth-order valence-corrected chi connectivity index (χ4v) is 4.51. The van der Waals surface area contributed by atoms with Gasteiger partial charge in [-0.2, -0.15) is 0 Å². The van der Waals surface area contributed by atoms with E-state index in [-0.39, 0.29) is 16.2 Å². The summed E-state index contributed by atoms with van der Waals surface area (Å²) < 4.78 is 39.6. The first kappa shape index (κ1) is 14.6. The summed E-state index contributed by atoms with van der Waals surface area (Å²) in [7, 11) is -1.39. The molecule has 0 saturated heterocycles. The molecule has 1 aromatic rings. The average molecular weight is 287 g/mol. The van der Waals surface area contributed by atoms with E-state index in [0.717, 1.165) is 31.9 Å². The second-order valence-electron chi connectivity index (χ2n) is 4.86. The molecule has 3 atom stereocenters. The van der Waals surface area contributed by atoms with Crippen LogP contribution in [0.15, 0.2) is 17.0 Å². The van der Waals surface area contributed by atoms with E-state index in [9.17, 15) is 13.0 Å². The molecular weight excluding hydrogens is 268 g/mol. The Morgan fingerprint density at radius 3 is 2.63 bits per heavy atom. The smallest absolute Gasteiger partial charge is 0.142 e. The molecule has 0 amide bonds. The SMILES string of the molecule is CCCNC1c2cc(F)cc(F)c2S(=O)C1CCC. The zero-order valence-electron chi connectivity index (χ0n) is 11.2. The van der Waals surface area contributed by atoms with Crippen molar-refractivity contribution in [2.45, 2.75) is 49.3 Å². The van der Waals surface area contributed by atoms with E-state index >= 15 is 0 Å². The highest BCUT2D eigenvalue weighted by molar-refractivity contribution is 7.86. The minimum absolute atomic E-state index is 0.164.